The minimum Gasteiger partial charge on any atom is -0.497 e. The molecule has 0 atom stereocenters. The summed E-state index contributed by atoms with van der Waals surface area (Å²) >= 11 is 1.62. The molecule has 0 unspecified atom stereocenters. The Morgan fingerprint density at radius 3 is 2.60 bits per heavy atom. The maximum absolute atomic E-state index is 5.20. The van der Waals surface area contributed by atoms with Gasteiger partial charge >= 0.3 is 0 Å². The lowest BCUT2D eigenvalue weighted by atomic mass is 10.1. The van der Waals surface area contributed by atoms with Crippen LogP contribution in [-0.4, -0.2) is 27.3 Å². The normalized spacial score (nSPS) is 10.9. The molecule has 6 heteroatoms. The van der Waals surface area contributed by atoms with Crippen LogP contribution in [0.4, 0.5) is 0 Å². The summed E-state index contributed by atoms with van der Waals surface area (Å²) in [5.41, 5.74) is 2.18. The van der Waals surface area contributed by atoms with Crippen molar-refractivity contribution in [2.75, 3.05) is 7.11 Å². The average molecular weight is 348 g/mol. The molecule has 124 valence electrons. The number of fused-ring (bicyclic) bond motifs is 1. The van der Waals surface area contributed by atoms with E-state index in [2.05, 4.69) is 58.0 Å². The highest BCUT2D eigenvalue weighted by Crippen LogP contribution is 2.27. The Balaban J connectivity index is 1.58. The van der Waals surface area contributed by atoms with Crippen molar-refractivity contribution in [2.24, 2.45) is 0 Å². The molecule has 0 saturated carbocycles. The third kappa shape index (κ3) is 3.21. The molecular formula is C19H16N4OS. The predicted octanol–water partition coefficient (Wildman–Crippen LogP) is 4.12. The highest BCUT2D eigenvalue weighted by atomic mass is 32.2. The van der Waals surface area contributed by atoms with E-state index in [1.807, 2.05) is 24.3 Å². The number of hydrogen-bond acceptors (Lipinski definition) is 5. The molecule has 0 aliphatic rings. The molecule has 0 aliphatic carbocycles. The van der Waals surface area contributed by atoms with Crippen molar-refractivity contribution in [3.05, 3.63) is 72.3 Å². The fraction of sp³-hybridized carbons (Fsp3) is 0.105. The molecule has 4 rings (SSSR count). The van der Waals surface area contributed by atoms with Crippen LogP contribution in [0.15, 0.2) is 71.9 Å². The fourth-order valence-electron chi connectivity index (χ4n) is 2.72. The van der Waals surface area contributed by atoms with E-state index in [4.69, 9.17) is 4.74 Å². The minimum atomic E-state index is 0.762. The molecule has 0 N–H and O–H groups in total. The topological polar surface area (TPSA) is 52.8 Å². The summed E-state index contributed by atoms with van der Waals surface area (Å²) in [5.74, 6) is 1.61. The van der Waals surface area contributed by atoms with Crippen LogP contribution in [0.1, 0.15) is 5.56 Å². The van der Waals surface area contributed by atoms with Crippen LogP contribution in [0, 0.1) is 0 Å². The average Bonchev–Trinajstić information content (AvgIpc) is 3.15. The SMILES string of the molecule is COc1ccc(-n2nnnc2SCc2cccc3ccccc23)cc1. The Morgan fingerprint density at radius 2 is 1.76 bits per heavy atom. The fourth-order valence-corrected chi connectivity index (χ4v) is 3.61. The van der Waals surface area contributed by atoms with Crippen LogP contribution in [-0.2, 0) is 5.75 Å². The molecule has 5 nitrogen and oxygen atoms in total. The quantitative estimate of drug-likeness (QED) is 0.508. The minimum absolute atomic E-state index is 0.762. The molecule has 1 heterocycles. The smallest absolute Gasteiger partial charge is 0.214 e. The Hall–Kier alpha value is -2.86. The molecule has 1 aromatic heterocycles. The Labute approximate surface area is 149 Å². The van der Waals surface area contributed by atoms with E-state index in [-0.39, 0.29) is 0 Å². The van der Waals surface area contributed by atoms with E-state index in [1.165, 1.54) is 16.3 Å². The maximum Gasteiger partial charge on any atom is 0.214 e. The van der Waals surface area contributed by atoms with Gasteiger partial charge in [0, 0.05) is 5.75 Å². The van der Waals surface area contributed by atoms with Gasteiger partial charge in [0.1, 0.15) is 5.75 Å². The summed E-state index contributed by atoms with van der Waals surface area (Å²) < 4.78 is 6.94. The molecule has 0 aliphatic heterocycles. The molecular weight excluding hydrogens is 332 g/mol. The highest BCUT2D eigenvalue weighted by molar-refractivity contribution is 7.98. The van der Waals surface area contributed by atoms with Crippen LogP contribution >= 0.6 is 11.8 Å². The first kappa shape index (κ1) is 15.7. The van der Waals surface area contributed by atoms with Crippen LogP contribution in [0.2, 0.25) is 0 Å². The first-order valence-corrected chi connectivity index (χ1v) is 8.86. The van der Waals surface area contributed by atoms with Gasteiger partial charge in [-0.2, -0.15) is 4.68 Å². The third-order valence-corrected chi connectivity index (χ3v) is 4.96. The molecule has 0 bridgehead atoms. The Bertz CT molecular complexity index is 992. The van der Waals surface area contributed by atoms with Crippen molar-refractivity contribution in [2.45, 2.75) is 10.9 Å². The molecule has 0 saturated heterocycles. The molecule has 0 fully saturated rings. The number of nitrogens with zero attached hydrogens (tertiary/aromatic N) is 4. The lowest BCUT2D eigenvalue weighted by Gasteiger charge is -2.07. The van der Waals surface area contributed by atoms with E-state index < -0.39 is 0 Å². The summed E-state index contributed by atoms with van der Waals surface area (Å²) in [6.07, 6.45) is 0. The first-order chi connectivity index (χ1) is 12.3. The van der Waals surface area contributed by atoms with Gasteiger partial charge in [-0.25, -0.2) is 0 Å². The first-order valence-electron chi connectivity index (χ1n) is 7.87. The Morgan fingerprint density at radius 1 is 0.960 bits per heavy atom. The third-order valence-electron chi connectivity index (χ3n) is 3.99. The standard InChI is InChI=1S/C19H16N4OS/c1-24-17-11-9-16(10-12-17)23-19(20-21-22-23)25-13-15-7-4-6-14-5-2-3-8-18(14)15/h2-12H,13H2,1H3. The van der Waals surface area contributed by atoms with Gasteiger partial charge in [-0.1, -0.05) is 54.2 Å². The second-order valence-electron chi connectivity index (χ2n) is 5.50. The number of aromatic nitrogens is 4. The highest BCUT2D eigenvalue weighted by Gasteiger charge is 2.10. The van der Waals surface area contributed by atoms with Gasteiger partial charge in [0.05, 0.1) is 12.8 Å². The van der Waals surface area contributed by atoms with Gasteiger partial charge in [-0.05, 0) is 51.0 Å². The van der Waals surface area contributed by atoms with E-state index in [0.717, 1.165) is 22.3 Å². The molecule has 0 spiro atoms. The van der Waals surface area contributed by atoms with Gasteiger partial charge in [-0.3, -0.25) is 0 Å². The van der Waals surface area contributed by atoms with Gasteiger partial charge in [0.25, 0.3) is 0 Å². The number of benzene rings is 3. The van der Waals surface area contributed by atoms with E-state index in [1.54, 1.807) is 23.6 Å². The molecule has 3 aromatic carbocycles. The van der Waals surface area contributed by atoms with Gasteiger partial charge in [-0.15, -0.1) is 5.10 Å². The second kappa shape index (κ2) is 6.94. The van der Waals surface area contributed by atoms with E-state index in [0.29, 0.717) is 0 Å². The van der Waals surface area contributed by atoms with Crippen LogP contribution in [0.3, 0.4) is 0 Å². The van der Waals surface area contributed by atoms with E-state index in [9.17, 15) is 0 Å². The van der Waals surface area contributed by atoms with Gasteiger partial charge < -0.3 is 4.74 Å². The number of ether oxygens (including phenoxy) is 1. The zero-order chi connectivity index (χ0) is 17.1. The summed E-state index contributed by atoms with van der Waals surface area (Å²) in [6, 6.07) is 22.5. The molecule has 4 aromatic rings. The van der Waals surface area contributed by atoms with Crippen molar-refractivity contribution >= 4 is 22.5 Å². The summed E-state index contributed by atoms with van der Waals surface area (Å²) in [4.78, 5) is 0. The van der Waals surface area contributed by atoms with Crippen molar-refractivity contribution in [1.29, 1.82) is 0 Å². The number of thioether (sulfide) groups is 1. The summed E-state index contributed by atoms with van der Waals surface area (Å²) in [6.45, 7) is 0. The van der Waals surface area contributed by atoms with Crippen LogP contribution < -0.4 is 4.74 Å². The maximum atomic E-state index is 5.20. The van der Waals surface area contributed by atoms with Gasteiger partial charge in [0.2, 0.25) is 5.16 Å². The van der Waals surface area contributed by atoms with Crippen LogP contribution in [0.5, 0.6) is 5.75 Å². The van der Waals surface area contributed by atoms with E-state index >= 15 is 0 Å². The molecule has 0 amide bonds. The summed E-state index contributed by atoms with van der Waals surface area (Å²) in [5, 5.41) is 15.4. The number of rotatable bonds is 5. The molecule has 0 radical (unpaired) electrons. The number of hydrogen-bond donors (Lipinski definition) is 0. The van der Waals surface area contributed by atoms with Gasteiger partial charge in [0.15, 0.2) is 0 Å². The summed E-state index contributed by atoms with van der Waals surface area (Å²) in [7, 11) is 1.65. The predicted molar refractivity (Wildman–Crippen MR) is 99.2 cm³/mol. The number of methoxy groups -OCH3 is 1. The Kier molecular flexibility index (Phi) is 4.35. The monoisotopic (exact) mass is 348 g/mol. The van der Waals surface area contributed by atoms with Crippen molar-refractivity contribution < 1.29 is 4.74 Å². The van der Waals surface area contributed by atoms with Crippen molar-refractivity contribution in [3.8, 4) is 11.4 Å². The van der Waals surface area contributed by atoms with Crippen molar-refractivity contribution in [3.63, 3.8) is 0 Å². The lowest BCUT2D eigenvalue weighted by Crippen LogP contribution is -1.99. The zero-order valence-corrected chi connectivity index (χ0v) is 14.5. The largest absolute Gasteiger partial charge is 0.497 e. The zero-order valence-electron chi connectivity index (χ0n) is 13.7. The number of tetrazole rings is 1. The second-order valence-corrected chi connectivity index (χ2v) is 6.44. The lowest BCUT2D eigenvalue weighted by molar-refractivity contribution is 0.414. The van der Waals surface area contributed by atoms with Crippen LogP contribution in [0.25, 0.3) is 16.5 Å². The van der Waals surface area contributed by atoms with Crippen molar-refractivity contribution in [1.82, 2.24) is 20.2 Å². The molecule has 25 heavy (non-hydrogen) atoms.